The van der Waals surface area contributed by atoms with E-state index in [0.29, 0.717) is 13.0 Å². The Bertz CT molecular complexity index is 375. The zero-order chi connectivity index (χ0) is 13.6. The molecule has 0 radical (unpaired) electrons. The SMILES string of the molecule is COC(=O)[C@]12CO[C@H](CN1C(=O)OC(C)(C)C)C2. The molecule has 6 nitrogen and oxygen atoms in total. The average Bonchev–Trinajstić information content (AvgIpc) is 2.84. The van der Waals surface area contributed by atoms with Crippen molar-refractivity contribution in [2.24, 2.45) is 0 Å². The summed E-state index contributed by atoms with van der Waals surface area (Å²) in [4.78, 5) is 25.5. The molecule has 0 aromatic carbocycles. The van der Waals surface area contributed by atoms with Gasteiger partial charge < -0.3 is 14.2 Å². The molecule has 2 rings (SSSR count). The number of methoxy groups -OCH3 is 1. The van der Waals surface area contributed by atoms with Crippen molar-refractivity contribution in [1.29, 1.82) is 0 Å². The van der Waals surface area contributed by atoms with E-state index in [2.05, 4.69) is 0 Å². The van der Waals surface area contributed by atoms with Crippen LogP contribution >= 0.6 is 0 Å². The van der Waals surface area contributed by atoms with Gasteiger partial charge in [0.1, 0.15) is 5.60 Å². The highest BCUT2D eigenvalue weighted by Gasteiger charge is 2.60. The standard InChI is InChI=1S/C12H19NO5/c1-11(2,3)18-10(15)13-6-8-5-12(13,7-17-8)9(14)16-4/h8H,5-7H2,1-4H3/t8-,12-/m0/s1. The van der Waals surface area contributed by atoms with Crippen LogP contribution in [0, 0.1) is 0 Å². The highest BCUT2D eigenvalue weighted by molar-refractivity contribution is 5.87. The van der Waals surface area contributed by atoms with Crippen molar-refractivity contribution in [2.45, 2.75) is 44.4 Å². The van der Waals surface area contributed by atoms with Crippen LogP contribution in [-0.2, 0) is 19.0 Å². The Labute approximate surface area is 106 Å². The minimum atomic E-state index is -0.998. The van der Waals surface area contributed by atoms with Gasteiger partial charge in [-0.15, -0.1) is 0 Å². The van der Waals surface area contributed by atoms with Gasteiger partial charge in [0.2, 0.25) is 0 Å². The van der Waals surface area contributed by atoms with Crippen molar-refractivity contribution in [3.63, 3.8) is 0 Å². The fourth-order valence-electron chi connectivity index (χ4n) is 2.44. The van der Waals surface area contributed by atoms with Crippen molar-refractivity contribution in [2.75, 3.05) is 20.3 Å². The Morgan fingerprint density at radius 3 is 2.56 bits per heavy atom. The van der Waals surface area contributed by atoms with E-state index in [-0.39, 0.29) is 12.7 Å². The van der Waals surface area contributed by atoms with Crippen LogP contribution in [0.2, 0.25) is 0 Å². The van der Waals surface area contributed by atoms with Gasteiger partial charge in [0.05, 0.1) is 26.4 Å². The topological polar surface area (TPSA) is 65.1 Å². The molecular weight excluding hydrogens is 238 g/mol. The maximum absolute atomic E-state index is 12.1. The zero-order valence-electron chi connectivity index (χ0n) is 11.2. The maximum Gasteiger partial charge on any atom is 0.411 e. The Kier molecular flexibility index (Phi) is 3.01. The molecular formula is C12H19NO5. The summed E-state index contributed by atoms with van der Waals surface area (Å²) in [6, 6.07) is 0. The van der Waals surface area contributed by atoms with E-state index < -0.39 is 23.2 Å². The maximum atomic E-state index is 12.1. The van der Waals surface area contributed by atoms with E-state index >= 15 is 0 Å². The number of nitrogens with zero attached hydrogens (tertiary/aromatic N) is 1. The summed E-state index contributed by atoms with van der Waals surface area (Å²) >= 11 is 0. The summed E-state index contributed by atoms with van der Waals surface area (Å²) in [6.45, 7) is 5.94. The van der Waals surface area contributed by atoms with Gasteiger partial charge in [0.15, 0.2) is 5.54 Å². The van der Waals surface area contributed by atoms with Gasteiger partial charge in [-0.05, 0) is 20.8 Å². The molecule has 0 N–H and O–H groups in total. The Morgan fingerprint density at radius 2 is 2.06 bits per heavy atom. The highest BCUT2D eigenvalue weighted by Crippen LogP contribution is 2.39. The van der Waals surface area contributed by atoms with Gasteiger partial charge in [-0.25, -0.2) is 9.59 Å². The number of amides is 1. The van der Waals surface area contributed by atoms with Gasteiger partial charge in [-0.3, -0.25) is 4.90 Å². The lowest BCUT2D eigenvalue weighted by atomic mass is 9.99. The second-order valence-corrected chi connectivity index (χ2v) is 5.75. The predicted octanol–water partition coefficient (Wildman–Crippen LogP) is 0.938. The monoisotopic (exact) mass is 257 g/mol. The fourth-order valence-corrected chi connectivity index (χ4v) is 2.44. The molecule has 0 saturated carbocycles. The van der Waals surface area contributed by atoms with Crippen LogP contribution in [0.1, 0.15) is 27.2 Å². The van der Waals surface area contributed by atoms with E-state index in [4.69, 9.17) is 14.2 Å². The second-order valence-electron chi connectivity index (χ2n) is 5.75. The molecule has 2 fully saturated rings. The lowest BCUT2D eigenvalue weighted by Gasteiger charge is -2.36. The Hall–Kier alpha value is -1.30. The number of morpholine rings is 1. The molecule has 6 heteroatoms. The molecule has 2 atom stereocenters. The van der Waals surface area contributed by atoms with E-state index in [1.54, 1.807) is 20.8 Å². The summed E-state index contributed by atoms with van der Waals surface area (Å²) < 4.78 is 15.6. The number of hydrogen-bond acceptors (Lipinski definition) is 5. The van der Waals surface area contributed by atoms with Gasteiger partial charge in [-0.2, -0.15) is 0 Å². The Balaban J connectivity index is 2.18. The number of carbonyl (C=O) groups is 2. The lowest BCUT2D eigenvalue weighted by molar-refractivity contribution is -0.156. The van der Waals surface area contributed by atoms with E-state index in [0.717, 1.165) is 0 Å². The molecule has 2 saturated heterocycles. The van der Waals surface area contributed by atoms with E-state index in [1.807, 2.05) is 0 Å². The molecule has 102 valence electrons. The zero-order valence-corrected chi connectivity index (χ0v) is 11.2. The van der Waals surface area contributed by atoms with Gasteiger partial charge in [-0.1, -0.05) is 0 Å². The molecule has 0 aromatic heterocycles. The average molecular weight is 257 g/mol. The first kappa shape index (κ1) is 13.1. The van der Waals surface area contributed by atoms with Gasteiger partial charge in [0, 0.05) is 6.42 Å². The van der Waals surface area contributed by atoms with Crippen molar-refractivity contribution in [3.05, 3.63) is 0 Å². The van der Waals surface area contributed by atoms with Gasteiger partial charge >= 0.3 is 12.1 Å². The summed E-state index contributed by atoms with van der Waals surface area (Å²) in [6.07, 6.45) is -0.103. The second kappa shape index (κ2) is 4.12. The molecule has 0 unspecified atom stereocenters. The first-order valence-electron chi connectivity index (χ1n) is 5.99. The van der Waals surface area contributed by atoms with Crippen molar-refractivity contribution in [1.82, 2.24) is 4.90 Å². The summed E-state index contributed by atoms with van der Waals surface area (Å²) in [5.41, 5.74) is -1.58. The van der Waals surface area contributed by atoms with Gasteiger partial charge in [0.25, 0.3) is 0 Å². The third kappa shape index (κ3) is 2.05. The number of hydrogen-bond donors (Lipinski definition) is 0. The normalized spacial score (nSPS) is 30.4. The number of rotatable bonds is 1. The molecule has 0 aromatic rings. The van der Waals surface area contributed by atoms with Crippen molar-refractivity contribution >= 4 is 12.1 Å². The molecule has 1 amide bonds. The van der Waals surface area contributed by atoms with Crippen LogP contribution in [0.4, 0.5) is 4.79 Å². The van der Waals surface area contributed by atoms with Crippen LogP contribution in [0.25, 0.3) is 0 Å². The summed E-state index contributed by atoms with van der Waals surface area (Å²) in [5, 5.41) is 0. The molecule has 0 spiro atoms. The van der Waals surface area contributed by atoms with Crippen molar-refractivity contribution in [3.8, 4) is 0 Å². The summed E-state index contributed by atoms with van der Waals surface area (Å²) in [7, 11) is 1.32. The quantitative estimate of drug-likeness (QED) is 0.654. The number of carbonyl (C=O) groups excluding carboxylic acids is 2. The molecule has 0 aliphatic carbocycles. The first-order chi connectivity index (χ1) is 8.28. The lowest BCUT2D eigenvalue weighted by Crippen LogP contribution is -2.57. The number of ether oxygens (including phenoxy) is 3. The van der Waals surface area contributed by atoms with Crippen LogP contribution in [0.15, 0.2) is 0 Å². The first-order valence-corrected chi connectivity index (χ1v) is 5.99. The Morgan fingerprint density at radius 1 is 1.39 bits per heavy atom. The van der Waals surface area contributed by atoms with Crippen molar-refractivity contribution < 1.29 is 23.8 Å². The highest BCUT2D eigenvalue weighted by atomic mass is 16.6. The van der Waals surface area contributed by atoms with Crippen LogP contribution in [-0.4, -0.2) is 54.5 Å². The third-order valence-corrected chi connectivity index (χ3v) is 3.21. The van der Waals surface area contributed by atoms with Crippen LogP contribution in [0.3, 0.4) is 0 Å². The third-order valence-electron chi connectivity index (χ3n) is 3.21. The number of fused-ring (bicyclic) bond motifs is 2. The number of likely N-dealkylation sites (tertiary alicyclic amines) is 1. The molecule has 2 heterocycles. The molecule has 2 aliphatic rings. The summed E-state index contributed by atoms with van der Waals surface area (Å²) in [5.74, 6) is -0.437. The van der Waals surface area contributed by atoms with Crippen LogP contribution < -0.4 is 0 Å². The predicted molar refractivity (Wildman–Crippen MR) is 62.0 cm³/mol. The number of esters is 1. The fraction of sp³-hybridized carbons (Fsp3) is 0.833. The van der Waals surface area contributed by atoms with E-state index in [1.165, 1.54) is 12.0 Å². The minimum absolute atomic E-state index is 0.100. The molecule has 18 heavy (non-hydrogen) atoms. The molecule has 2 bridgehead atoms. The van der Waals surface area contributed by atoms with E-state index in [9.17, 15) is 9.59 Å². The largest absolute Gasteiger partial charge is 0.467 e. The van der Waals surface area contributed by atoms with Crippen LogP contribution in [0.5, 0.6) is 0 Å². The molecule has 2 aliphatic heterocycles. The smallest absolute Gasteiger partial charge is 0.411 e. The minimum Gasteiger partial charge on any atom is -0.467 e.